The molecule has 2 rings (SSSR count). The third-order valence-corrected chi connectivity index (χ3v) is 6.11. The van der Waals surface area contributed by atoms with Crippen molar-refractivity contribution in [1.82, 2.24) is 0 Å². The molecule has 0 radical (unpaired) electrons. The molecule has 1 fully saturated rings. The minimum atomic E-state index is -2.96. The molecule has 4 heteroatoms. The Hall–Kier alpha value is -0.870. The zero-order valence-electron chi connectivity index (χ0n) is 11.7. The van der Waals surface area contributed by atoms with Gasteiger partial charge in [0.15, 0.2) is 0 Å². The lowest BCUT2D eigenvalue weighted by molar-refractivity contribution is 0.225. The quantitative estimate of drug-likeness (QED) is 0.926. The Morgan fingerprint density at radius 1 is 1.21 bits per heavy atom. The first kappa shape index (κ1) is 14.5. The van der Waals surface area contributed by atoms with Crippen LogP contribution in [0.4, 0.5) is 0 Å². The summed E-state index contributed by atoms with van der Waals surface area (Å²) in [7, 11) is -2.96. The average molecular weight is 281 g/mol. The average Bonchev–Trinajstić information content (AvgIpc) is 2.39. The van der Waals surface area contributed by atoms with Crippen molar-refractivity contribution in [1.29, 1.82) is 0 Å². The number of hydrogen-bond acceptors (Lipinski definition) is 3. The van der Waals surface area contributed by atoms with E-state index in [1.807, 2.05) is 37.3 Å². The molecule has 106 valence electrons. The molecule has 0 spiro atoms. The van der Waals surface area contributed by atoms with Crippen LogP contribution in [-0.2, 0) is 15.4 Å². The summed E-state index contributed by atoms with van der Waals surface area (Å²) in [5.41, 5.74) is 7.16. The van der Waals surface area contributed by atoms with Crippen molar-refractivity contribution in [2.24, 2.45) is 11.7 Å². The Labute approximate surface area is 116 Å². The third-order valence-electron chi connectivity index (χ3n) is 4.48. The molecule has 2 N–H and O–H groups in total. The Kier molecular flexibility index (Phi) is 4.02. The van der Waals surface area contributed by atoms with E-state index in [1.54, 1.807) is 0 Å². The molecule has 0 bridgehead atoms. The molecule has 0 saturated heterocycles. The maximum atomic E-state index is 11.8. The molecule has 0 amide bonds. The van der Waals surface area contributed by atoms with E-state index < -0.39 is 15.4 Å². The van der Waals surface area contributed by atoms with Crippen LogP contribution in [0.25, 0.3) is 0 Å². The van der Waals surface area contributed by atoms with E-state index in [1.165, 1.54) is 6.26 Å². The lowest BCUT2D eigenvalue weighted by Crippen LogP contribution is -2.45. The first-order chi connectivity index (χ1) is 8.82. The fourth-order valence-corrected chi connectivity index (χ4v) is 4.29. The summed E-state index contributed by atoms with van der Waals surface area (Å²) < 4.78 is 23.5. The van der Waals surface area contributed by atoms with Gasteiger partial charge in [0.2, 0.25) is 0 Å². The van der Waals surface area contributed by atoms with Gasteiger partial charge in [-0.1, -0.05) is 36.8 Å². The highest BCUT2D eigenvalue weighted by Crippen LogP contribution is 2.39. The number of rotatable bonds is 3. The lowest BCUT2D eigenvalue weighted by Gasteiger charge is -2.39. The predicted molar refractivity (Wildman–Crippen MR) is 78.6 cm³/mol. The highest BCUT2D eigenvalue weighted by atomic mass is 32.2. The molecule has 0 heterocycles. The van der Waals surface area contributed by atoms with E-state index in [-0.39, 0.29) is 11.2 Å². The molecule has 3 unspecified atom stereocenters. The van der Waals surface area contributed by atoms with Gasteiger partial charge in [-0.05, 0) is 37.7 Å². The van der Waals surface area contributed by atoms with Gasteiger partial charge in [-0.15, -0.1) is 0 Å². The van der Waals surface area contributed by atoms with Gasteiger partial charge in [0.1, 0.15) is 9.84 Å². The molecule has 1 saturated carbocycles. The molecule has 1 aliphatic rings. The zero-order chi connectivity index (χ0) is 14.1. The van der Waals surface area contributed by atoms with Gasteiger partial charge in [-0.2, -0.15) is 0 Å². The summed E-state index contributed by atoms with van der Waals surface area (Å²) in [6, 6.07) is 10.0. The maximum Gasteiger partial charge on any atom is 0.150 e. The van der Waals surface area contributed by atoms with Crippen LogP contribution in [0.1, 0.15) is 38.2 Å². The van der Waals surface area contributed by atoms with Gasteiger partial charge in [-0.25, -0.2) is 8.42 Å². The van der Waals surface area contributed by atoms with E-state index in [2.05, 4.69) is 0 Å². The van der Waals surface area contributed by atoms with Crippen molar-refractivity contribution in [2.75, 3.05) is 6.26 Å². The Morgan fingerprint density at radius 3 is 2.42 bits per heavy atom. The van der Waals surface area contributed by atoms with Gasteiger partial charge >= 0.3 is 0 Å². The van der Waals surface area contributed by atoms with E-state index in [0.29, 0.717) is 6.42 Å². The second-order valence-corrected chi connectivity index (χ2v) is 8.29. The molecular formula is C15H23NO2S. The smallest absolute Gasteiger partial charge is 0.150 e. The number of sulfone groups is 1. The highest BCUT2D eigenvalue weighted by Gasteiger charge is 2.38. The third kappa shape index (κ3) is 3.18. The summed E-state index contributed by atoms with van der Waals surface area (Å²) in [4.78, 5) is 0. The largest absolute Gasteiger partial charge is 0.321 e. The molecule has 3 nitrogen and oxygen atoms in total. The van der Waals surface area contributed by atoms with Crippen molar-refractivity contribution in [3.05, 3.63) is 35.9 Å². The predicted octanol–water partition coefficient (Wildman–Crippen LogP) is 2.46. The SMILES string of the molecule is CC(N)(c1ccccc1)C1CCCC(S(C)(=O)=O)C1. The summed E-state index contributed by atoms with van der Waals surface area (Å²) in [5.74, 6) is 0.225. The number of hydrogen-bond donors (Lipinski definition) is 1. The van der Waals surface area contributed by atoms with Crippen LogP contribution in [0.2, 0.25) is 0 Å². The van der Waals surface area contributed by atoms with Crippen LogP contribution >= 0.6 is 0 Å². The van der Waals surface area contributed by atoms with Gasteiger partial charge < -0.3 is 5.73 Å². The normalized spacial score (nSPS) is 27.7. The first-order valence-corrected chi connectivity index (χ1v) is 8.80. The molecular weight excluding hydrogens is 258 g/mol. The second kappa shape index (κ2) is 5.25. The van der Waals surface area contributed by atoms with E-state index >= 15 is 0 Å². The van der Waals surface area contributed by atoms with Crippen molar-refractivity contribution in [2.45, 2.75) is 43.4 Å². The van der Waals surface area contributed by atoms with Gasteiger partial charge in [-0.3, -0.25) is 0 Å². The molecule has 19 heavy (non-hydrogen) atoms. The van der Waals surface area contributed by atoms with Crippen molar-refractivity contribution < 1.29 is 8.42 Å². The number of nitrogens with two attached hydrogens (primary N) is 1. The first-order valence-electron chi connectivity index (χ1n) is 6.85. The summed E-state index contributed by atoms with van der Waals surface area (Å²) in [6.45, 7) is 2.03. The zero-order valence-corrected chi connectivity index (χ0v) is 12.5. The minimum absolute atomic E-state index is 0.224. The number of benzene rings is 1. The fourth-order valence-electron chi connectivity index (χ4n) is 3.11. The van der Waals surface area contributed by atoms with Crippen LogP contribution in [0.5, 0.6) is 0 Å². The van der Waals surface area contributed by atoms with E-state index in [0.717, 1.165) is 24.8 Å². The Balaban J connectivity index is 2.22. The van der Waals surface area contributed by atoms with Gasteiger partial charge in [0.25, 0.3) is 0 Å². The van der Waals surface area contributed by atoms with Crippen LogP contribution in [0.15, 0.2) is 30.3 Å². The van der Waals surface area contributed by atoms with Crippen LogP contribution in [0, 0.1) is 5.92 Å². The van der Waals surface area contributed by atoms with Crippen molar-refractivity contribution in [3.63, 3.8) is 0 Å². The maximum absolute atomic E-state index is 11.8. The molecule has 0 aliphatic heterocycles. The van der Waals surface area contributed by atoms with Crippen LogP contribution < -0.4 is 5.73 Å². The monoisotopic (exact) mass is 281 g/mol. The van der Waals surface area contributed by atoms with Gasteiger partial charge in [0.05, 0.1) is 5.25 Å². The summed E-state index contributed by atoms with van der Waals surface area (Å²) >= 11 is 0. The Morgan fingerprint density at radius 2 is 1.84 bits per heavy atom. The van der Waals surface area contributed by atoms with Gasteiger partial charge in [0, 0.05) is 11.8 Å². The van der Waals surface area contributed by atoms with Crippen molar-refractivity contribution in [3.8, 4) is 0 Å². The fraction of sp³-hybridized carbons (Fsp3) is 0.600. The molecule has 3 atom stereocenters. The Bertz CT molecular complexity index is 522. The molecule has 1 aromatic rings. The molecule has 0 aromatic heterocycles. The highest BCUT2D eigenvalue weighted by molar-refractivity contribution is 7.91. The molecule has 1 aromatic carbocycles. The summed E-state index contributed by atoms with van der Waals surface area (Å²) in [6.07, 6.45) is 4.76. The van der Waals surface area contributed by atoms with Crippen LogP contribution in [-0.4, -0.2) is 19.9 Å². The lowest BCUT2D eigenvalue weighted by atomic mass is 9.72. The second-order valence-electron chi connectivity index (χ2n) is 5.96. The van der Waals surface area contributed by atoms with Crippen LogP contribution in [0.3, 0.4) is 0 Å². The standard InChI is InChI=1S/C15H23NO2S/c1-15(16,12-7-4-3-5-8-12)13-9-6-10-14(11-13)19(2,17)18/h3-5,7-8,13-14H,6,9-11,16H2,1-2H3. The topological polar surface area (TPSA) is 60.2 Å². The minimum Gasteiger partial charge on any atom is -0.321 e. The van der Waals surface area contributed by atoms with E-state index in [9.17, 15) is 8.42 Å². The molecule has 1 aliphatic carbocycles. The van der Waals surface area contributed by atoms with Crippen molar-refractivity contribution >= 4 is 9.84 Å². The van der Waals surface area contributed by atoms with E-state index in [4.69, 9.17) is 5.73 Å². The summed E-state index contributed by atoms with van der Waals surface area (Å²) in [5, 5.41) is -0.224.